The molecule has 156 valence electrons. The van der Waals surface area contributed by atoms with Crippen LogP contribution in [0.2, 0.25) is 0 Å². The number of anilines is 1. The molecule has 0 unspecified atom stereocenters. The van der Waals surface area contributed by atoms with E-state index in [4.69, 9.17) is 0 Å². The summed E-state index contributed by atoms with van der Waals surface area (Å²) in [6.07, 6.45) is 0. The molecule has 1 N–H and O–H groups in total. The zero-order valence-corrected chi connectivity index (χ0v) is 17.5. The van der Waals surface area contributed by atoms with Crippen molar-refractivity contribution in [1.29, 1.82) is 0 Å². The quantitative estimate of drug-likeness (QED) is 0.782. The van der Waals surface area contributed by atoms with Gasteiger partial charge >= 0.3 is 0 Å². The SMILES string of the molecule is CC(C)CNC(=O)c1cccc(S(=O)(=O)N2CCN(c3ccc(F)cc3)CC2)c1. The highest BCUT2D eigenvalue weighted by Gasteiger charge is 2.29. The Morgan fingerprint density at radius 2 is 1.72 bits per heavy atom. The van der Waals surface area contributed by atoms with Crippen molar-refractivity contribution in [2.75, 3.05) is 37.6 Å². The largest absolute Gasteiger partial charge is 0.369 e. The summed E-state index contributed by atoms with van der Waals surface area (Å²) in [5, 5.41) is 2.80. The van der Waals surface area contributed by atoms with Crippen LogP contribution in [0.1, 0.15) is 24.2 Å². The van der Waals surface area contributed by atoms with Gasteiger partial charge in [0, 0.05) is 44.0 Å². The molecule has 0 atom stereocenters. The highest BCUT2D eigenvalue weighted by Crippen LogP contribution is 2.22. The van der Waals surface area contributed by atoms with Crippen molar-refractivity contribution in [3.63, 3.8) is 0 Å². The van der Waals surface area contributed by atoms with Gasteiger partial charge in [0.05, 0.1) is 4.90 Å². The molecule has 0 aliphatic carbocycles. The Hall–Kier alpha value is -2.45. The number of rotatable bonds is 6. The first kappa shape index (κ1) is 21.3. The van der Waals surface area contributed by atoms with Gasteiger partial charge in [-0.3, -0.25) is 4.79 Å². The van der Waals surface area contributed by atoms with Gasteiger partial charge in [0.1, 0.15) is 5.82 Å². The van der Waals surface area contributed by atoms with E-state index in [2.05, 4.69) is 5.32 Å². The summed E-state index contributed by atoms with van der Waals surface area (Å²) < 4.78 is 40.6. The van der Waals surface area contributed by atoms with Gasteiger partial charge in [-0.2, -0.15) is 4.31 Å². The molecular weight excluding hydrogens is 393 g/mol. The van der Waals surface area contributed by atoms with Gasteiger partial charge < -0.3 is 10.2 Å². The van der Waals surface area contributed by atoms with Gasteiger partial charge in [0.15, 0.2) is 0 Å². The second-order valence-corrected chi connectivity index (χ2v) is 9.44. The summed E-state index contributed by atoms with van der Waals surface area (Å²) in [5.74, 6) is -0.271. The molecule has 0 bridgehead atoms. The van der Waals surface area contributed by atoms with Crippen molar-refractivity contribution in [3.8, 4) is 0 Å². The molecule has 1 heterocycles. The van der Waals surface area contributed by atoms with Crippen LogP contribution in [0.25, 0.3) is 0 Å². The number of sulfonamides is 1. The van der Waals surface area contributed by atoms with Gasteiger partial charge in [-0.05, 0) is 48.4 Å². The number of hydrogen-bond acceptors (Lipinski definition) is 4. The molecule has 6 nitrogen and oxygen atoms in total. The van der Waals surface area contributed by atoms with Crippen molar-refractivity contribution in [2.24, 2.45) is 5.92 Å². The second kappa shape index (κ2) is 8.92. The molecule has 0 saturated carbocycles. The number of nitrogens with zero attached hydrogens (tertiary/aromatic N) is 2. The average Bonchev–Trinajstić information content (AvgIpc) is 2.72. The molecule has 1 aliphatic heterocycles. The van der Waals surface area contributed by atoms with Crippen LogP contribution in [0, 0.1) is 11.7 Å². The standard InChI is InChI=1S/C21H26FN3O3S/c1-16(2)15-23-21(26)17-4-3-5-20(14-17)29(27,28)25-12-10-24(11-13-25)19-8-6-18(22)7-9-19/h3-9,14,16H,10-13,15H2,1-2H3,(H,23,26). The van der Waals surface area contributed by atoms with Crippen LogP contribution in [0.15, 0.2) is 53.4 Å². The molecule has 3 rings (SSSR count). The summed E-state index contributed by atoms with van der Waals surface area (Å²) in [4.78, 5) is 14.4. The fourth-order valence-corrected chi connectivity index (χ4v) is 4.65. The first-order valence-electron chi connectivity index (χ1n) is 9.66. The topological polar surface area (TPSA) is 69.7 Å². The monoisotopic (exact) mass is 419 g/mol. The minimum Gasteiger partial charge on any atom is -0.369 e. The van der Waals surface area contributed by atoms with Gasteiger partial charge in [0.2, 0.25) is 10.0 Å². The summed E-state index contributed by atoms with van der Waals surface area (Å²) >= 11 is 0. The molecule has 8 heteroatoms. The normalized spacial score (nSPS) is 15.5. The maximum Gasteiger partial charge on any atom is 0.251 e. The van der Waals surface area contributed by atoms with Gasteiger partial charge in [-0.15, -0.1) is 0 Å². The Labute approximate surface area is 171 Å². The smallest absolute Gasteiger partial charge is 0.251 e. The van der Waals surface area contributed by atoms with Crippen LogP contribution in [-0.4, -0.2) is 51.4 Å². The van der Waals surface area contributed by atoms with Gasteiger partial charge in [-0.25, -0.2) is 12.8 Å². The van der Waals surface area contributed by atoms with Crippen molar-refractivity contribution in [3.05, 3.63) is 59.9 Å². The van der Waals surface area contributed by atoms with Crippen LogP contribution < -0.4 is 10.2 Å². The maximum absolute atomic E-state index is 13.1. The van der Waals surface area contributed by atoms with Crippen molar-refractivity contribution in [2.45, 2.75) is 18.7 Å². The molecule has 29 heavy (non-hydrogen) atoms. The number of carbonyl (C=O) groups excluding carboxylic acids is 1. The zero-order chi connectivity index (χ0) is 21.0. The highest BCUT2D eigenvalue weighted by atomic mass is 32.2. The third-order valence-corrected chi connectivity index (χ3v) is 6.73. The summed E-state index contributed by atoms with van der Waals surface area (Å²) in [6.45, 7) is 6.19. The number of hydrogen-bond donors (Lipinski definition) is 1. The van der Waals surface area contributed by atoms with Crippen molar-refractivity contribution >= 4 is 21.6 Å². The summed E-state index contributed by atoms with van der Waals surface area (Å²) in [6, 6.07) is 12.3. The highest BCUT2D eigenvalue weighted by molar-refractivity contribution is 7.89. The number of halogens is 1. The molecule has 0 spiro atoms. The third-order valence-electron chi connectivity index (χ3n) is 4.84. The van der Waals surface area contributed by atoms with Crippen LogP contribution in [0.5, 0.6) is 0 Å². The Morgan fingerprint density at radius 3 is 2.34 bits per heavy atom. The lowest BCUT2D eigenvalue weighted by Crippen LogP contribution is -2.48. The molecule has 1 saturated heterocycles. The van der Waals surface area contributed by atoms with E-state index >= 15 is 0 Å². The Kier molecular flexibility index (Phi) is 6.54. The van der Waals surface area contributed by atoms with E-state index in [9.17, 15) is 17.6 Å². The zero-order valence-electron chi connectivity index (χ0n) is 16.6. The first-order valence-corrected chi connectivity index (χ1v) is 11.1. The Morgan fingerprint density at radius 1 is 1.07 bits per heavy atom. The number of benzene rings is 2. The molecule has 2 aromatic carbocycles. The van der Waals surface area contributed by atoms with Gasteiger partial charge in [-0.1, -0.05) is 19.9 Å². The van der Waals surface area contributed by atoms with E-state index < -0.39 is 10.0 Å². The molecule has 1 aliphatic rings. The summed E-state index contributed by atoms with van der Waals surface area (Å²) in [7, 11) is -3.69. The molecule has 0 radical (unpaired) electrons. The van der Waals surface area contributed by atoms with E-state index in [1.807, 2.05) is 18.7 Å². The van der Waals surface area contributed by atoms with Crippen LogP contribution in [0.4, 0.5) is 10.1 Å². The number of piperazine rings is 1. The fraction of sp³-hybridized carbons (Fsp3) is 0.381. The van der Waals surface area contributed by atoms with E-state index in [0.29, 0.717) is 44.2 Å². The molecule has 0 aromatic heterocycles. The molecule has 1 amide bonds. The molecular formula is C21H26FN3O3S. The Bertz CT molecular complexity index is 953. The van der Waals surface area contributed by atoms with Crippen LogP contribution >= 0.6 is 0 Å². The second-order valence-electron chi connectivity index (χ2n) is 7.50. The lowest BCUT2D eigenvalue weighted by atomic mass is 10.2. The summed E-state index contributed by atoms with van der Waals surface area (Å²) in [5.41, 5.74) is 1.20. The average molecular weight is 420 g/mol. The van der Waals surface area contributed by atoms with Crippen molar-refractivity contribution < 1.29 is 17.6 Å². The predicted octanol–water partition coefficient (Wildman–Crippen LogP) is 2.72. The lowest BCUT2D eigenvalue weighted by Gasteiger charge is -2.35. The van der Waals surface area contributed by atoms with E-state index in [0.717, 1.165) is 5.69 Å². The van der Waals surface area contributed by atoms with E-state index in [-0.39, 0.29) is 16.6 Å². The number of amides is 1. The minimum absolute atomic E-state index is 0.116. The Balaban J connectivity index is 1.69. The van der Waals surface area contributed by atoms with Gasteiger partial charge in [0.25, 0.3) is 5.91 Å². The minimum atomic E-state index is -3.69. The predicted molar refractivity (Wildman–Crippen MR) is 111 cm³/mol. The number of carbonyl (C=O) groups is 1. The third kappa shape index (κ3) is 5.13. The molecule has 1 fully saturated rings. The maximum atomic E-state index is 13.1. The lowest BCUT2D eigenvalue weighted by molar-refractivity contribution is 0.0949. The number of nitrogens with one attached hydrogen (secondary N) is 1. The van der Waals surface area contributed by atoms with Crippen LogP contribution in [0.3, 0.4) is 0 Å². The first-order chi connectivity index (χ1) is 13.8. The molecule has 2 aromatic rings. The van der Waals surface area contributed by atoms with Crippen LogP contribution in [-0.2, 0) is 10.0 Å². The van der Waals surface area contributed by atoms with E-state index in [1.54, 1.807) is 24.3 Å². The van der Waals surface area contributed by atoms with Crippen molar-refractivity contribution in [1.82, 2.24) is 9.62 Å². The fourth-order valence-electron chi connectivity index (χ4n) is 3.18. The van der Waals surface area contributed by atoms with E-state index in [1.165, 1.54) is 28.6 Å².